The van der Waals surface area contributed by atoms with E-state index in [4.69, 9.17) is 23.2 Å². The van der Waals surface area contributed by atoms with Crippen molar-refractivity contribution in [3.05, 3.63) is 63.1 Å². The van der Waals surface area contributed by atoms with Crippen LogP contribution in [0, 0.1) is 0 Å². The second-order valence-corrected chi connectivity index (χ2v) is 6.05. The van der Waals surface area contributed by atoms with Gasteiger partial charge in [-0.25, -0.2) is 4.99 Å². The van der Waals surface area contributed by atoms with Crippen molar-refractivity contribution in [2.75, 3.05) is 0 Å². The first-order valence-electron chi connectivity index (χ1n) is 6.90. The molecule has 2 aromatic carbocycles. The number of hydrogen-bond donors (Lipinski definition) is 1. The highest BCUT2D eigenvalue weighted by molar-refractivity contribution is 6.32. The van der Waals surface area contributed by atoms with E-state index in [1.165, 1.54) is 17.7 Å². The molecule has 3 nitrogen and oxygen atoms in total. The van der Waals surface area contributed by atoms with E-state index in [1.54, 1.807) is 12.3 Å². The van der Waals surface area contributed by atoms with Crippen LogP contribution < -0.4 is 0 Å². The number of halogens is 2. The first kappa shape index (κ1) is 15.1. The SMILES string of the molecule is O=C(N=CC1CCc2cc(Cl)ccc21)c1cccc(Cl)c1O. The van der Waals surface area contributed by atoms with Gasteiger partial charge in [0.2, 0.25) is 0 Å². The Labute approximate surface area is 138 Å². The molecule has 1 unspecified atom stereocenters. The summed E-state index contributed by atoms with van der Waals surface area (Å²) in [5.41, 5.74) is 2.45. The number of para-hydroxylation sites is 1. The second-order valence-electron chi connectivity index (χ2n) is 5.21. The molecule has 1 N–H and O–H groups in total. The molecule has 3 rings (SSSR count). The van der Waals surface area contributed by atoms with Gasteiger partial charge in [-0.05, 0) is 48.2 Å². The number of benzene rings is 2. The number of carbonyl (C=O) groups excluding carboxylic acids is 1. The number of amides is 1. The van der Waals surface area contributed by atoms with Gasteiger partial charge in [0, 0.05) is 17.2 Å². The minimum Gasteiger partial charge on any atom is -0.506 e. The summed E-state index contributed by atoms with van der Waals surface area (Å²) in [5.74, 6) is -0.634. The van der Waals surface area contributed by atoms with E-state index in [9.17, 15) is 9.90 Å². The molecule has 2 aromatic rings. The standard InChI is InChI=1S/C17H13Cl2NO2/c18-12-6-7-13-10(8-12)4-5-11(13)9-20-17(22)14-2-1-3-15(19)16(14)21/h1-3,6-9,11,21H,4-5H2. The molecular formula is C17H13Cl2NO2. The van der Waals surface area contributed by atoms with E-state index in [1.807, 2.05) is 18.2 Å². The van der Waals surface area contributed by atoms with Crippen LogP contribution in [0.15, 0.2) is 41.4 Å². The van der Waals surface area contributed by atoms with E-state index < -0.39 is 5.91 Å². The molecule has 0 saturated heterocycles. The van der Waals surface area contributed by atoms with Gasteiger partial charge in [0.1, 0.15) is 5.75 Å². The number of aliphatic imine (C=N–C) groups is 1. The Balaban J connectivity index is 1.81. The van der Waals surface area contributed by atoms with E-state index in [0.29, 0.717) is 0 Å². The van der Waals surface area contributed by atoms with Gasteiger partial charge >= 0.3 is 0 Å². The van der Waals surface area contributed by atoms with E-state index >= 15 is 0 Å². The van der Waals surface area contributed by atoms with Crippen molar-refractivity contribution in [2.45, 2.75) is 18.8 Å². The Hall–Kier alpha value is -1.84. The van der Waals surface area contributed by atoms with Crippen molar-refractivity contribution in [3.8, 4) is 5.75 Å². The number of nitrogens with zero attached hydrogens (tertiary/aromatic N) is 1. The largest absolute Gasteiger partial charge is 0.506 e. The monoisotopic (exact) mass is 333 g/mol. The first-order chi connectivity index (χ1) is 10.6. The summed E-state index contributed by atoms with van der Waals surface area (Å²) < 4.78 is 0. The van der Waals surface area contributed by atoms with E-state index in [2.05, 4.69) is 4.99 Å². The minimum atomic E-state index is -0.498. The van der Waals surface area contributed by atoms with Gasteiger partial charge in [-0.2, -0.15) is 0 Å². The van der Waals surface area contributed by atoms with Gasteiger partial charge in [0.25, 0.3) is 5.91 Å². The zero-order valence-corrected chi connectivity index (χ0v) is 13.1. The third-order valence-electron chi connectivity index (χ3n) is 3.82. The zero-order chi connectivity index (χ0) is 15.7. The third-order valence-corrected chi connectivity index (χ3v) is 4.36. The normalized spacial score (nSPS) is 16.9. The number of phenolic OH excluding ortho intramolecular Hbond substituents is 1. The summed E-state index contributed by atoms with van der Waals surface area (Å²) in [6, 6.07) is 10.4. The molecule has 5 heteroatoms. The van der Waals surface area contributed by atoms with Crippen molar-refractivity contribution in [3.63, 3.8) is 0 Å². The molecule has 0 aliphatic heterocycles. The van der Waals surface area contributed by atoms with Crippen molar-refractivity contribution in [1.82, 2.24) is 0 Å². The van der Waals surface area contributed by atoms with Gasteiger partial charge in [0.15, 0.2) is 0 Å². The highest BCUT2D eigenvalue weighted by atomic mass is 35.5. The van der Waals surface area contributed by atoms with Crippen molar-refractivity contribution < 1.29 is 9.90 Å². The molecule has 1 aliphatic rings. The molecule has 0 spiro atoms. The Kier molecular flexibility index (Phi) is 4.19. The maximum absolute atomic E-state index is 12.1. The highest BCUT2D eigenvalue weighted by Gasteiger charge is 2.21. The van der Waals surface area contributed by atoms with Gasteiger partial charge < -0.3 is 5.11 Å². The fourth-order valence-electron chi connectivity index (χ4n) is 2.69. The molecule has 0 heterocycles. The number of hydrogen-bond acceptors (Lipinski definition) is 2. The topological polar surface area (TPSA) is 49.7 Å². The zero-order valence-electron chi connectivity index (χ0n) is 11.6. The molecule has 112 valence electrons. The van der Waals surface area contributed by atoms with Crippen LogP contribution in [0.3, 0.4) is 0 Å². The average Bonchev–Trinajstić information content (AvgIpc) is 2.89. The van der Waals surface area contributed by atoms with Crippen LogP contribution in [0.2, 0.25) is 10.0 Å². The molecule has 0 fully saturated rings. The summed E-state index contributed by atoms with van der Waals surface area (Å²) in [5, 5.41) is 10.7. The predicted octanol–water partition coefficient (Wildman–Crippen LogP) is 4.64. The van der Waals surface area contributed by atoms with E-state index in [0.717, 1.165) is 23.4 Å². The number of aromatic hydroxyl groups is 1. The van der Waals surface area contributed by atoms with Gasteiger partial charge in [-0.1, -0.05) is 35.3 Å². The number of aryl methyl sites for hydroxylation is 1. The second kappa shape index (κ2) is 6.11. The lowest BCUT2D eigenvalue weighted by Crippen LogP contribution is -2.00. The quantitative estimate of drug-likeness (QED) is 0.814. The molecular weight excluding hydrogens is 321 g/mol. The lowest BCUT2D eigenvalue weighted by Gasteiger charge is -2.06. The Morgan fingerprint density at radius 1 is 1.27 bits per heavy atom. The van der Waals surface area contributed by atoms with Crippen LogP contribution in [-0.4, -0.2) is 17.2 Å². The van der Waals surface area contributed by atoms with Crippen LogP contribution in [0.4, 0.5) is 0 Å². The maximum atomic E-state index is 12.1. The summed E-state index contributed by atoms with van der Waals surface area (Å²) in [6.45, 7) is 0. The molecule has 1 aliphatic carbocycles. The molecule has 0 saturated carbocycles. The number of phenols is 1. The summed E-state index contributed by atoms with van der Waals surface area (Å²) in [6.07, 6.45) is 3.46. The molecule has 0 radical (unpaired) electrons. The number of carbonyl (C=O) groups is 1. The van der Waals surface area contributed by atoms with Crippen molar-refractivity contribution in [2.24, 2.45) is 4.99 Å². The maximum Gasteiger partial charge on any atom is 0.280 e. The van der Waals surface area contributed by atoms with E-state index in [-0.39, 0.29) is 22.3 Å². The highest BCUT2D eigenvalue weighted by Crippen LogP contribution is 2.34. The fourth-order valence-corrected chi connectivity index (χ4v) is 3.06. The van der Waals surface area contributed by atoms with Crippen molar-refractivity contribution in [1.29, 1.82) is 0 Å². The molecule has 22 heavy (non-hydrogen) atoms. The molecule has 1 atom stereocenters. The lowest BCUT2D eigenvalue weighted by atomic mass is 10.0. The van der Waals surface area contributed by atoms with Crippen molar-refractivity contribution >= 4 is 35.3 Å². The number of rotatable bonds is 2. The average molecular weight is 334 g/mol. The smallest absolute Gasteiger partial charge is 0.280 e. The lowest BCUT2D eigenvalue weighted by molar-refractivity contribution is 0.100. The van der Waals surface area contributed by atoms with Gasteiger partial charge in [-0.3, -0.25) is 4.79 Å². The fraction of sp³-hybridized carbons (Fsp3) is 0.176. The Morgan fingerprint density at radius 2 is 2.09 bits per heavy atom. The Bertz CT molecular complexity index is 771. The summed E-state index contributed by atoms with van der Waals surface area (Å²) >= 11 is 11.8. The Morgan fingerprint density at radius 3 is 2.91 bits per heavy atom. The van der Waals surface area contributed by atoms with Crippen LogP contribution >= 0.6 is 23.2 Å². The summed E-state index contributed by atoms with van der Waals surface area (Å²) in [4.78, 5) is 16.1. The van der Waals surface area contributed by atoms with Crippen LogP contribution in [0.1, 0.15) is 33.8 Å². The predicted molar refractivity (Wildman–Crippen MR) is 88.5 cm³/mol. The molecule has 0 bridgehead atoms. The van der Waals surface area contributed by atoms with Crippen LogP contribution in [-0.2, 0) is 6.42 Å². The summed E-state index contributed by atoms with van der Waals surface area (Å²) in [7, 11) is 0. The van der Waals surface area contributed by atoms with Crippen LogP contribution in [0.5, 0.6) is 5.75 Å². The van der Waals surface area contributed by atoms with Gasteiger partial charge in [0.05, 0.1) is 10.6 Å². The third kappa shape index (κ3) is 2.87. The first-order valence-corrected chi connectivity index (χ1v) is 7.66. The molecule has 0 aromatic heterocycles. The van der Waals surface area contributed by atoms with Gasteiger partial charge in [-0.15, -0.1) is 0 Å². The molecule has 1 amide bonds. The minimum absolute atomic E-state index is 0.0949. The van der Waals surface area contributed by atoms with Crippen LogP contribution in [0.25, 0.3) is 0 Å². The number of fused-ring (bicyclic) bond motifs is 1.